The van der Waals surface area contributed by atoms with Gasteiger partial charge in [-0.15, -0.1) is 0 Å². The van der Waals surface area contributed by atoms with Crippen LogP contribution in [-0.4, -0.2) is 18.4 Å². The summed E-state index contributed by atoms with van der Waals surface area (Å²) in [7, 11) is 0. The molecule has 1 aromatic carbocycles. The fourth-order valence-corrected chi connectivity index (χ4v) is 2.05. The van der Waals surface area contributed by atoms with Crippen molar-refractivity contribution in [2.75, 3.05) is 0 Å². The maximum atomic E-state index is 5.80. The first kappa shape index (κ1) is 8.92. The van der Waals surface area contributed by atoms with Gasteiger partial charge in [0, 0.05) is 17.8 Å². The highest BCUT2D eigenvalue weighted by Crippen LogP contribution is 2.27. The third-order valence-electron chi connectivity index (χ3n) is 3.04. The molecule has 1 fully saturated rings. The highest BCUT2D eigenvalue weighted by molar-refractivity contribution is 5.84. The molecular formula is C12H14N2O. The van der Waals surface area contributed by atoms with Gasteiger partial charge >= 0.3 is 0 Å². The molecule has 1 aliphatic carbocycles. The van der Waals surface area contributed by atoms with E-state index in [1.54, 1.807) is 0 Å². The summed E-state index contributed by atoms with van der Waals surface area (Å²) in [5.74, 6) is 0.944. The van der Waals surface area contributed by atoms with E-state index in [0.29, 0.717) is 12.1 Å². The van der Waals surface area contributed by atoms with Gasteiger partial charge < -0.3 is 10.5 Å². The van der Waals surface area contributed by atoms with Crippen LogP contribution in [-0.2, 0) is 6.54 Å². The zero-order valence-corrected chi connectivity index (χ0v) is 8.52. The molecule has 3 heteroatoms. The van der Waals surface area contributed by atoms with Crippen molar-refractivity contribution in [2.24, 2.45) is 10.7 Å². The molecule has 0 saturated heterocycles. The van der Waals surface area contributed by atoms with Crippen LogP contribution in [0.4, 0.5) is 0 Å². The lowest BCUT2D eigenvalue weighted by Crippen LogP contribution is -2.43. The minimum absolute atomic E-state index is 0.316. The van der Waals surface area contributed by atoms with Crippen LogP contribution in [0.15, 0.2) is 23.2 Å². The molecule has 3 nitrogen and oxygen atoms in total. The molecule has 1 heterocycles. The lowest BCUT2D eigenvalue weighted by atomic mass is 9.90. The Morgan fingerprint density at radius 1 is 1.33 bits per heavy atom. The Morgan fingerprint density at radius 3 is 3.00 bits per heavy atom. The number of nitrogens with zero attached hydrogens (tertiary/aromatic N) is 1. The van der Waals surface area contributed by atoms with Gasteiger partial charge in [-0.2, -0.15) is 0 Å². The van der Waals surface area contributed by atoms with E-state index in [2.05, 4.69) is 17.1 Å². The van der Waals surface area contributed by atoms with E-state index in [1.165, 1.54) is 11.1 Å². The summed E-state index contributed by atoms with van der Waals surface area (Å²) in [4.78, 5) is 4.22. The second kappa shape index (κ2) is 3.35. The standard InChI is InChI=1S/C12H14N2O/c13-10-4-12(5-10)15-11-2-1-8-6-14-7-9(8)3-11/h1-3,7,10,12H,4-6,13H2. The normalized spacial score (nSPS) is 27.3. The number of fused-ring (bicyclic) bond motifs is 1. The molecule has 0 atom stereocenters. The minimum Gasteiger partial charge on any atom is -0.490 e. The summed E-state index contributed by atoms with van der Waals surface area (Å²) < 4.78 is 5.80. The number of rotatable bonds is 2. The highest BCUT2D eigenvalue weighted by Gasteiger charge is 2.27. The summed E-state index contributed by atoms with van der Waals surface area (Å²) >= 11 is 0. The molecule has 0 bridgehead atoms. The summed E-state index contributed by atoms with van der Waals surface area (Å²) in [6, 6.07) is 6.52. The Labute approximate surface area is 89.0 Å². The minimum atomic E-state index is 0.316. The third-order valence-corrected chi connectivity index (χ3v) is 3.04. The summed E-state index contributed by atoms with van der Waals surface area (Å²) in [6.45, 7) is 0.809. The molecule has 2 N–H and O–H groups in total. The topological polar surface area (TPSA) is 47.6 Å². The van der Waals surface area contributed by atoms with Gasteiger partial charge in [-0.3, -0.25) is 4.99 Å². The van der Waals surface area contributed by atoms with Crippen molar-refractivity contribution in [2.45, 2.75) is 31.5 Å². The number of hydrogen-bond acceptors (Lipinski definition) is 3. The predicted molar refractivity (Wildman–Crippen MR) is 59.4 cm³/mol. The summed E-state index contributed by atoms with van der Waals surface area (Å²) in [5, 5.41) is 0. The largest absolute Gasteiger partial charge is 0.490 e. The zero-order chi connectivity index (χ0) is 10.3. The molecule has 0 radical (unpaired) electrons. The maximum absolute atomic E-state index is 5.80. The highest BCUT2D eigenvalue weighted by atomic mass is 16.5. The predicted octanol–water partition coefficient (Wildman–Crippen LogP) is 1.49. The molecule has 0 amide bonds. The number of ether oxygens (including phenoxy) is 1. The molecule has 1 aliphatic heterocycles. The van der Waals surface area contributed by atoms with Crippen LogP contribution in [0.3, 0.4) is 0 Å². The van der Waals surface area contributed by atoms with Crippen LogP contribution in [0.5, 0.6) is 5.75 Å². The summed E-state index contributed by atoms with van der Waals surface area (Å²) in [5.41, 5.74) is 8.19. The van der Waals surface area contributed by atoms with E-state index < -0.39 is 0 Å². The van der Waals surface area contributed by atoms with Gasteiger partial charge in [-0.25, -0.2) is 0 Å². The first-order valence-electron chi connectivity index (χ1n) is 5.36. The van der Waals surface area contributed by atoms with Crippen LogP contribution in [0.1, 0.15) is 24.0 Å². The van der Waals surface area contributed by atoms with E-state index in [9.17, 15) is 0 Å². The average molecular weight is 202 g/mol. The first-order valence-corrected chi connectivity index (χ1v) is 5.36. The van der Waals surface area contributed by atoms with Crippen molar-refractivity contribution < 1.29 is 4.74 Å². The van der Waals surface area contributed by atoms with Gasteiger partial charge in [-0.05, 0) is 30.5 Å². The number of aliphatic imine (C=N–C) groups is 1. The van der Waals surface area contributed by atoms with Gasteiger partial charge in [-0.1, -0.05) is 6.07 Å². The molecule has 3 rings (SSSR count). The zero-order valence-electron chi connectivity index (χ0n) is 8.52. The Balaban J connectivity index is 1.73. The van der Waals surface area contributed by atoms with Gasteiger partial charge in [0.1, 0.15) is 11.9 Å². The molecular weight excluding hydrogens is 188 g/mol. The number of nitrogens with two attached hydrogens (primary N) is 1. The lowest BCUT2D eigenvalue weighted by Gasteiger charge is -2.32. The van der Waals surface area contributed by atoms with Crippen LogP contribution in [0.2, 0.25) is 0 Å². The fraction of sp³-hybridized carbons (Fsp3) is 0.417. The molecule has 0 aromatic heterocycles. The molecule has 2 aliphatic rings. The quantitative estimate of drug-likeness (QED) is 0.789. The number of hydrogen-bond donors (Lipinski definition) is 1. The van der Waals surface area contributed by atoms with Crippen molar-refractivity contribution >= 4 is 6.21 Å². The smallest absolute Gasteiger partial charge is 0.120 e. The van der Waals surface area contributed by atoms with Crippen LogP contribution in [0.25, 0.3) is 0 Å². The van der Waals surface area contributed by atoms with Gasteiger partial charge in [0.25, 0.3) is 0 Å². The van der Waals surface area contributed by atoms with Crippen LogP contribution in [0, 0.1) is 0 Å². The van der Waals surface area contributed by atoms with E-state index in [-0.39, 0.29) is 0 Å². The SMILES string of the molecule is NC1CC(Oc2ccc3c(c2)C=NC3)C1. The Hall–Kier alpha value is -1.35. The molecule has 15 heavy (non-hydrogen) atoms. The number of benzene rings is 1. The van der Waals surface area contributed by atoms with Crippen molar-refractivity contribution in [1.82, 2.24) is 0 Å². The van der Waals surface area contributed by atoms with Crippen molar-refractivity contribution in [3.05, 3.63) is 29.3 Å². The average Bonchev–Trinajstić information content (AvgIpc) is 2.62. The second-order valence-electron chi connectivity index (χ2n) is 4.30. The van der Waals surface area contributed by atoms with Gasteiger partial charge in [0.2, 0.25) is 0 Å². The van der Waals surface area contributed by atoms with Crippen molar-refractivity contribution in [3.63, 3.8) is 0 Å². The Morgan fingerprint density at radius 2 is 2.20 bits per heavy atom. The van der Waals surface area contributed by atoms with Crippen LogP contribution < -0.4 is 10.5 Å². The Kier molecular flexibility index (Phi) is 1.99. The first-order chi connectivity index (χ1) is 7.31. The molecule has 78 valence electrons. The second-order valence-corrected chi connectivity index (χ2v) is 4.30. The molecule has 0 spiro atoms. The van der Waals surface area contributed by atoms with E-state index in [4.69, 9.17) is 10.5 Å². The van der Waals surface area contributed by atoms with E-state index >= 15 is 0 Å². The van der Waals surface area contributed by atoms with Crippen LogP contribution >= 0.6 is 0 Å². The Bertz CT molecular complexity index is 408. The molecule has 1 aromatic rings. The lowest BCUT2D eigenvalue weighted by molar-refractivity contribution is 0.101. The molecule has 1 saturated carbocycles. The van der Waals surface area contributed by atoms with Gasteiger partial charge in [0.05, 0.1) is 6.54 Å². The van der Waals surface area contributed by atoms with E-state index in [1.807, 2.05) is 12.3 Å². The monoisotopic (exact) mass is 202 g/mol. The molecule has 0 unspecified atom stereocenters. The fourth-order valence-electron chi connectivity index (χ4n) is 2.05. The maximum Gasteiger partial charge on any atom is 0.120 e. The third kappa shape index (κ3) is 1.63. The van der Waals surface area contributed by atoms with Crippen molar-refractivity contribution in [1.29, 1.82) is 0 Å². The van der Waals surface area contributed by atoms with Gasteiger partial charge in [0.15, 0.2) is 0 Å². The van der Waals surface area contributed by atoms with Crippen molar-refractivity contribution in [3.8, 4) is 5.75 Å². The summed E-state index contributed by atoms with van der Waals surface area (Å²) in [6.07, 6.45) is 4.18. The van der Waals surface area contributed by atoms with E-state index in [0.717, 1.165) is 25.1 Å².